The number of nitrogens with zero attached hydrogens (tertiary/aromatic N) is 3. The van der Waals surface area contributed by atoms with E-state index in [4.69, 9.17) is 10.5 Å². The first-order valence-electron chi connectivity index (χ1n) is 8.34. The Morgan fingerprint density at radius 1 is 1.19 bits per heavy atom. The van der Waals surface area contributed by atoms with Gasteiger partial charge in [-0.1, -0.05) is 30.3 Å². The van der Waals surface area contributed by atoms with E-state index in [0.29, 0.717) is 18.7 Å². The lowest BCUT2D eigenvalue weighted by atomic mass is 10.1. The molecule has 1 amide bonds. The summed E-state index contributed by atoms with van der Waals surface area (Å²) in [4.78, 5) is 14.7. The van der Waals surface area contributed by atoms with E-state index < -0.39 is 0 Å². The molecule has 0 atom stereocenters. The molecule has 3 aromatic rings. The van der Waals surface area contributed by atoms with Crippen LogP contribution in [0.2, 0.25) is 0 Å². The molecular weight excluding hydrogens is 328 g/mol. The number of carbonyl (C=O) groups is 1. The van der Waals surface area contributed by atoms with Crippen LogP contribution in [0.5, 0.6) is 5.75 Å². The number of nitrogens with two attached hydrogens (primary N) is 1. The van der Waals surface area contributed by atoms with Crippen LogP contribution in [0.15, 0.2) is 60.9 Å². The molecule has 0 fully saturated rings. The fourth-order valence-electron chi connectivity index (χ4n) is 2.82. The van der Waals surface area contributed by atoms with Gasteiger partial charge in [-0.3, -0.25) is 4.79 Å². The Kier molecular flexibility index (Phi) is 5.34. The third kappa shape index (κ3) is 3.60. The molecule has 0 bridgehead atoms. The maximum Gasteiger partial charge on any atom is 0.256 e. The maximum absolute atomic E-state index is 13.0. The van der Waals surface area contributed by atoms with Crippen molar-refractivity contribution in [1.29, 1.82) is 0 Å². The van der Waals surface area contributed by atoms with Crippen LogP contribution in [0.4, 0.5) is 0 Å². The summed E-state index contributed by atoms with van der Waals surface area (Å²) in [6.07, 6.45) is 3.55. The molecule has 1 aromatic heterocycles. The molecule has 2 N–H and O–H groups in total. The van der Waals surface area contributed by atoms with Crippen molar-refractivity contribution in [2.75, 3.05) is 14.2 Å². The van der Waals surface area contributed by atoms with E-state index in [9.17, 15) is 4.79 Å². The van der Waals surface area contributed by atoms with Crippen molar-refractivity contribution >= 4 is 5.91 Å². The molecule has 0 radical (unpaired) electrons. The van der Waals surface area contributed by atoms with Crippen LogP contribution in [0.3, 0.4) is 0 Å². The Morgan fingerprint density at radius 3 is 2.65 bits per heavy atom. The molecular formula is C20H22N4O2. The Bertz CT molecular complexity index is 904. The number of methoxy groups -OCH3 is 1. The molecule has 134 valence electrons. The molecule has 1 heterocycles. The Labute approximate surface area is 152 Å². The highest BCUT2D eigenvalue weighted by molar-refractivity contribution is 5.97. The lowest BCUT2D eigenvalue weighted by Gasteiger charge is -2.20. The topological polar surface area (TPSA) is 73.4 Å². The van der Waals surface area contributed by atoms with Crippen LogP contribution >= 0.6 is 0 Å². The highest BCUT2D eigenvalue weighted by atomic mass is 16.5. The van der Waals surface area contributed by atoms with Crippen molar-refractivity contribution in [3.05, 3.63) is 77.6 Å². The van der Waals surface area contributed by atoms with Crippen molar-refractivity contribution in [2.45, 2.75) is 13.1 Å². The van der Waals surface area contributed by atoms with E-state index in [0.717, 1.165) is 22.6 Å². The summed E-state index contributed by atoms with van der Waals surface area (Å²) in [6, 6.07) is 15.1. The van der Waals surface area contributed by atoms with Gasteiger partial charge in [0.25, 0.3) is 5.91 Å². The number of hydrogen-bond acceptors (Lipinski definition) is 4. The number of ether oxygens (including phenoxy) is 1. The third-order valence-corrected chi connectivity index (χ3v) is 4.20. The van der Waals surface area contributed by atoms with E-state index in [-0.39, 0.29) is 5.91 Å². The molecule has 0 aliphatic carbocycles. The third-order valence-electron chi connectivity index (χ3n) is 4.20. The average molecular weight is 350 g/mol. The number of amides is 1. The molecule has 0 aliphatic rings. The van der Waals surface area contributed by atoms with Crippen molar-refractivity contribution < 1.29 is 9.53 Å². The molecule has 0 saturated carbocycles. The van der Waals surface area contributed by atoms with Crippen LogP contribution < -0.4 is 10.5 Å². The van der Waals surface area contributed by atoms with Crippen molar-refractivity contribution in [2.24, 2.45) is 5.73 Å². The first kappa shape index (κ1) is 17.7. The lowest BCUT2D eigenvalue weighted by Crippen LogP contribution is -2.27. The second-order valence-electron chi connectivity index (χ2n) is 5.99. The monoisotopic (exact) mass is 350 g/mol. The summed E-state index contributed by atoms with van der Waals surface area (Å²) < 4.78 is 7.06. The van der Waals surface area contributed by atoms with Gasteiger partial charge in [-0.15, -0.1) is 0 Å². The molecule has 2 aromatic carbocycles. The minimum absolute atomic E-state index is 0.0868. The molecule has 3 rings (SSSR count). The normalized spacial score (nSPS) is 10.6. The van der Waals surface area contributed by atoms with Gasteiger partial charge in [0.1, 0.15) is 5.75 Å². The highest BCUT2D eigenvalue weighted by Crippen LogP contribution is 2.21. The number of benzene rings is 2. The fourth-order valence-corrected chi connectivity index (χ4v) is 2.82. The first-order chi connectivity index (χ1) is 12.6. The fraction of sp³-hybridized carbons (Fsp3) is 0.200. The molecule has 0 aliphatic heterocycles. The van der Waals surface area contributed by atoms with Gasteiger partial charge < -0.3 is 15.4 Å². The zero-order valence-electron chi connectivity index (χ0n) is 14.9. The average Bonchev–Trinajstić information content (AvgIpc) is 3.17. The van der Waals surface area contributed by atoms with Gasteiger partial charge in [-0.2, -0.15) is 5.10 Å². The number of para-hydroxylation sites is 2. The molecule has 26 heavy (non-hydrogen) atoms. The zero-order chi connectivity index (χ0) is 18.5. The predicted octanol–water partition coefficient (Wildman–Crippen LogP) is 2.61. The van der Waals surface area contributed by atoms with Crippen LogP contribution in [0, 0.1) is 0 Å². The second-order valence-corrected chi connectivity index (χ2v) is 5.99. The van der Waals surface area contributed by atoms with Crippen LogP contribution in [-0.4, -0.2) is 34.7 Å². The van der Waals surface area contributed by atoms with Gasteiger partial charge in [0.15, 0.2) is 0 Å². The number of rotatable bonds is 6. The van der Waals surface area contributed by atoms with Gasteiger partial charge in [-0.25, -0.2) is 4.68 Å². The second kappa shape index (κ2) is 7.84. The number of carbonyl (C=O) groups excluding carboxylic acids is 1. The zero-order valence-corrected chi connectivity index (χ0v) is 14.9. The summed E-state index contributed by atoms with van der Waals surface area (Å²) in [6.45, 7) is 0.855. The minimum Gasteiger partial charge on any atom is -0.496 e. The van der Waals surface area contributed by atoms with E-state index in [1.54, 1.807) is 36.0 Å². The van der Waals surface area contributed by atoms with E-state index in [2.05, 4.69) is 5.10 Å². The van der Waals surface area contributed by atoms with Gasteiger partial charge in [0.2, 0.25) is 0 Å². The molecule has 6 nitrogen and oxygen atoms in total. The van der Waals surface area contributed by atoms with Crippen molar-refractivity contribution in [3.8, 4) is 11.4 Å². The minimum atomic E-state index is -0.0868. The predicted molar refractivity (Wildman–Crippen MR) is 100 cm³/mol. The van der Waals surface area contributed by atoms with E-state index >= 15 is 0 Å². The van der Waals surface area contributed by atoms with Gasteiger partial charge in [-0.05, 0) is 18.2 Å². The molecule has 0 saturated heterocycles. The molecule has 0 unspecified atom stereocenters. The van der Waals surface area contributed by atoms with Gasteiger partial charge in [0.05, 0.1) is 24.6 Å². The smallest absolute Gasteiger partial charge is 0.256 e. The summed E-state index contributed by atoms with van der Waals surface area (Å²) in [5.41, 5.74) is 8.83. The van der Waals surface area contributed by atoms with Crippen LogP contribution in [-0.2, 0) is 13.1 Å². The molecule has 6 heteroatoms. The Hall–Kier alpha value is -3.12. The number of aromatic nitrogens is 2. The maximum atomic E-state index is 13.0. The van der Waals surface area contributed by atoms with E-state index in [1.807, 2.05) is 48.7 Å². The van der Waals surface area contributed by atoms with E-state index in [1.165, 1.54) is 0 Å². The van der Waals surface area contributed by atoms with Gasteiger partial charge >= 0.3 is 0 Å². The van der Waals surface area contributed by atoms with Crippen LogP contribution in [0.1, 0.15) is 21.5 Å². The van der Waals surface area contributed by atoms with Crippen LogP contribution in [0.25, 0.3) is 5.69 Å². The SMILES string of the molecule is COc1ccccc1CN(C)C(=O)c1ccccc1-n1cc(CN)cn1. The molecule has 0 spiro atoms. The lowest BCUT2D eigenvalue weighted by molar-refractivity contribution is 0.0784. The summed E-state index contributed by atoms with van der Waals surface area (Å²) in [5, 5.41) is 4.32. The summed E-state index contributed by atoms with van der Waals surface area (Å²) in [5.74, 6) is 0.677. The summed E-state index contributed by atoms with van der Waals surface area (Å²) in [7, 11) is 3.41. The quantitative estimate of drug-likeness (QED) is 0.742. The largest absolute Gasteiger partial charge is 0.496 e. The first-order valence-corrected chi connectivity index (χ1v) is 8.34. The van der Waals surface area contributed by atoms with Gasteiger partial charge in [0, 0.05) is 37.5 Å². The summed E-state index contributed by atoms with van der Waals surface area (Å²) >= 11 is 0. The Balaban J connectivity index is 1.88. The number of hydrogen-bond donors (Lipinski definition) is 1. The van der Waals surface area contributed by atoms with Crippen molar-refractivity contribution in [3.63, 3.8) is 0 Å². The Morgan fingerprint density at radius 2 is 1.92 bits per heavy atom. The van der Waals surface area contributed by atoms with Crippen molar-refractivity contribution in [1.82, 2.24) is 14.7 Å². The highest BCUT2D eigenvalue weighted by Gasteiger charge is 2.18. The standard InChI is InChI=1S/C20H22N4O2/c1-23(14-16-7-3-6-10-19(16)26-2)20(25)17-8-4-5-9-18(17)24-13-15(11-21)12-22-24/h3-10,12-13H,11,14,21H2,1-2H3.